The Morgan fingerprint density at radius 1 is 1.05 bits per heavy atom. The number of carbonyl (C=O) groups is 1. The van der Waals surface area contributed by atoms with Gasteiger partial charge in [0.15, 0.2) is 17.3 Å². The molecule has 0 amide bonds. The lowest BCUT2D eigenvalue weighted by atomic mass is 10.0. The first-order chi connectivity index (χ1) is 10.2. The molecule has 21 heavy (non-hydrogen) atoms. The molecule has 0 aliphatic carbocycles. The first-order valence-electron chi connectivity index (χ1n) is 6.74. The number of ether oxygens (including phenoxy) is 2. The number of para-hydroxylation sites is 1. The summed E-state index contributed by atoms with van der Waals surface area (Å²) in [6, 6.07) is 13.6. The quantitative estimate of drug-likeness (QED) is 0.854. The molecule has 0 saturated carbocycles. The van der Waals surface area contributed by atoms with Crippen molar-refractivity contribution < 1.29 is 14.3 Å². The third-order valence-corrected chi connectivity index (χ3v) is 4.92. The van der Waals surface area contributed by atoms with Crippen molar-refractivity contribution in [2.75, 3.05) is 14.2 Å². The van der Waals surface area contributed by atoms with Crippen LogP contribution in [0.1, 0.15) is 27.6 Å². The molecule has 0 spiro atoms. The van der Waals surface area contributed by atoms with E-state index in [0.717, 1.165) is 16.0 Å². The predicted molar refractivity (Wildman–Crippen MR) is 83.5 cm³/mol. The summed E-state index contributed by atoms with van der Waals surface area (Å²) in [6.45, 7) is 0. The molecule has 0 bridgehead atoms. The van der Waals surface area contributed by atoms with Crippen molar-refractivity contribution in [1.82, 2.24) is 0 Å². The van der Waals surface area contributed by atoms with Gasteiger partial charge in [-0.15, -0.1) is 11.8 Å². The van der Waals surface area contributed by atoms with Crippen molar-refractivity contribution in [2.45, 2.75) is 16.6 Å². The Labute approximate surface area is 128 Å². The third kappa shape index (κ3) is 2.51. The fraction of sp³-hybridized carbons (Fsp3) is 0.235. The second-order valence-corrected chi connectivity index (χ2v) is 6.06. The van der Waals surface area contributed by atoms with Gasteiger partial charge >= 0.3 is 0 Å². The number of Topliss-reactive ketones (excluding diaryl/α,β-unsaturated/α-hetero) is 1. The van der Waals surface area contributed by atoms with Crippen LogP contribution >= 0.6 is 11.8 Å². The number of hydrogen-bond donors (Lipinski definition) is 0. The van der Waals surface area contributed by atoms with Gasteiger partial charge < -0.3 is 9.47 Å². The van der Waals surface area contributed by atoms with Gasteiger partial charge in [-0.2, -0.15) is 0 Å². The Morgan fingerprint density at radius 3 is 2.62 bits per heavy atom. The summed E-state index contributed by atoms with van der Waals surface area (Å²) in [7, 11) is 3.25. The number of benzene rings is 2. The summed E-state index contributed by atoms with van der Waals surface area (Å²) in [5.74, 6) is 1.59. The van der Waals surface area contributed by atoms with Gasteiger partial charge in [0.2, 0.25) is 0 Å². The number of fused-ring (bicyclic) bond motifs is 1. The smallest absolute Gasteiger partial charge is 0.165 e. The normalized spacial score (nSPS) is 17.2. The molecular formula is C17H16O3S. The SMILES string of the molecule is COc1cccc(C2CC(=O)c3ccccc3S2)c1OC. The van der Waals surface area contributed by atoms with E-state index >= 15 is 0 Å². The molecule has 108 valence electrons. The fourth-order valence-corrected chi connectivity index (χ4v) is 3.93. The number of rotatable bonds is 3. The molecule has 1 heterocycles. The van der Waals surface area contributed by atoms with Crippen LogP contribution < -0.4 is 9.47 Å². The Bertz CT molecular complexity index is 681. The van der Waals surface area contributed by atoms with Gasteiger partial charge in [0.25, 0.3) is 0 Å². The molecule has 1 aliphatic heterocycles. The van der Waals surface area contributed by atoms with E-state index in [1.54, 1.807) is 26.0 Å². The number of thioether (sulfide) groups is 1. The van der Waals surface area contributed by atoms with Crippen LogP contribution in [0.2, 0.25) is 0 Å². The molecular weight excluding hydrogens is 284 g/mol. The Balaban J connectivity index is 2.02. The summed E-state index contributed by atoms with van der Waals surface area (Å²) in [5, 5.41) is 0.0532. The van der Waals surface area contributed by atoms with Crippen molar-refractivity contribution in [3.8, 4) is 11.5 Å². The van der Waals surface area contributed by atoms with Crippen molar-refractivity contribution in [1.29, 1.82) is 0 Å². The van der Waals surface area contributed by atoms with Crippen molar-refractivity contribution in [2.24, 2.45) is 0 Å². The van der Waals surface area contributed by atoms with Gasteiger partial charge in [0.05, 0.1) is 14.2 Å². The lowest BCUT2D eigenvalue weighted by Gasteiger charge is -2.25. The molecule has 0 fully saturated rings. The lowest BCUT2D eigenvalue weighted by Crippen LogP contribution is -2.13. The molecule has 3 rings (SSSR count). The molecule has 1 aliphatic rings. The maximum absolute atomic E-state index is 12.3. The zero-order chi connectivity index (χ0) is 14.8. The van der Waals surface area contributed by atoms with Crippen molar-refractivity contribution in [3.63, 3.8) is 0 Å². The van der Waals surface area contributed by atoms with Crippen LogP contribution in [0.3, 0.4) is 0 Å². The first-order valence-corrected chi connectivity index (χ1v) is 7.62. The fourth-order valence-electron chi connectivity index (χ4n) is 2.61. The number of hydrogen-bond acceptors (Lipinski definition) is 4. The zero-order valence-corrected chi connectivity index (χ0v) is 12.8. The molecule has 2 aromatic carbocycles. The van der Waals surface area contributed by atoms with Gasteiger partial charge in [-0.05, 0) is 12.1 Å². The summed E-state index contributed by atoms with van der Waals surface area (Å²) in [6.07, 6.45) is 0.477. The summed E-state index contributed by atoms with van der Waals surface area (Å²) < 4.78 is 10.8. The highest BCUT2D eigenvalue weighted by Gasteiger charge is 2.29. The average molecular weight is 300 g/mol. The summed E-state index contributed by atoms with van der Waals surface area (Å²) in [5.41, 5.74) is 1.82. The van der Waals surface area contributed by atoms with Crippen molar-refractivity contribution in [3.05, 3.63) is 53.6 Å². The third-order valence-electron chi connectivity index (χ3n) is 3.61. The summed E-state index contributed by atoms with van der Waals surface area (Å²) >= 11 is 1.71. The van der Waals surface area contributed by atoms with Crippen LogP contribution in [0.15, 0.2) is 47.4 Å². The molecule has 4 heteroatoms. The van der Waals surface area contributed by atoms with Gasteiger partial charge in [0, 0.05) is 27.7 Å². The monoisotopic (exact) mass is 300 g/mol. The number of carbonyl (C=O) groups excluding carboxylic acids is 1. The van der Waals surface area contributed by atoms with Crippen LogP contribution in [0.5, 0.6) is 11.5 Å². The molecule has 0 radical (unpaired) electrons. The second kappa shape index (κ2) is 5.82. The minimum absolute atomic E-state index is 0.0532. The predicted octanol–water partition coefficient (Wildman–Crippen LogP) is 4.12. The topological polar surface area (TPSA) is 35.5 Å². The molecule has 1 unspecified atom stereocenters. The van der Waals surface area contributed by atoms with Crippen molar-refractivity contribution >= 4 is 17.5 Å². The Hall–Kier alpha value is -1.94. The van der Waals surface area contributed by atoms with Crippen LogP contribution in [-0.2, 0) is 0 Å². The molecule has 3 nitrogen and oxygen atoms in total. The molecule has 1 atom stereocenters. The molecule has 0 aromatic heterocycles. The lowest BCUT2D eigenvalue weighted by molar-refractivity contribution is 0.0976. The van der Waals surface area contributed by atoms with E-state index in [4.69, 9.17) is 9.47 Å². The van der Waals surface area contributed by atoms with E-state index in [0.29, 0.717) is 17.9 Å². The highest BCUT2D eigenvalue weighted by atomic mass is 32.2. The van der Waals surface area contributed by atoms with Crippen LogP contribution in [0.4, 0.5) is 0 Å². The van der Waals surface area contributed by atoms with E-state index in [1.165, 1.54) is 0 Å². The van der Waals surface area contributed by atoms with Crippen LogP contribution in [0, 0.1) is 0 Å². The summed E-state index contributed by atoms with van der Waals surface area (Å²) in [4.78, 5) is 13.4. The maximum atomic E-state index is 12.3. The maximum Gasteiger partial charge on any atom is 0.165 e. The highest BCUT2D eigenvalue weighted by molar-refractivity contribution is 7.99. The van der Waals surface area contributed by atoms with Crippen LogP contribution in [-0.4, -0.2) is 20.0 Å². The van der Waals surface area contributed by atoms with E-state index in [2.05, 4.69) is 0 Å². The Kier molecular flexibility index (Phi) is 3.88. The molecule has 2 aromatic rings. The minimum Gasteiger partial charge on any atom is -0.493 e. The minimum atomic E-state index is 0.0532. The standard InChI is InChI=1S/C17H16O3S/c1-19-14-8-5-7-12(17(14)20-2)16-10-13(18)11-6-3-4-9-15(11)21-16/h3-9,16H,10H2,1-2H3. The molecule has 0 saturated heterocycles. The van der Waals surface area contributed by atoms with Gasteiger partial charge in [0.1, 0.15) is 0 Å². The number of ketones is 1. The van der Waals surface area contributed by atoms with Crippen LogP contribution in [0.25, 0.3) is 0 Å². The first kappa shape index (κ1) is 14.0. The molecule has 0 N–H and O–H groups in total. The van der Waals surface area contributed by atoms with Gasteiger partial charge in [-0.1, -0.05) is 30.3 Å². The second-order valence-electron chi connectivity index (χ2n) is 4.81. The van der Waals surface area contributed by atoms with E-state index in [1.807, 2.05) is 42.5 Å². The van der Waals surface area contributed by atoms with E-state index in [-0.39, 0.29) is 11.0 Å². The van der Waals surface area contributed by atoms with Gasteiger partial charge in [-0.3, -0.25) is 4.79 Å². The average Bonchev–Trinajstić information content (AvgIpc) is 2.54. The van der Waals surface area contributed by atoms with Gasteiger partial charge in [-0.25, -0.2) is 0 Å². The van der Waals surface area contributed by atoms with E-state index < -0.39 is 0 Å². The Morgan fingerprint density at radius 2 is 1.86 bits per heavy atom. The highest BCUT2D eigenvalue weighted by Crippen LogP contribution is 2.48. The number of methoxy groups -OCH3 is 2. The largest absolute Gasteiger partial charge is 0.493 e. The van der Waals surface area contributed by atoms with E-state index in [9.17, 15) is 4.79 Å². The zero-order valence-electron chi connectivity index (χ0n) is 12.0.